The van der Waals surface area contributed by atoms with Crippen molar-refractivity contribution in [1.82, 2.24) is 10.2 Å². The van der Waals surface area contributed by atoms with E-state index < -0.39 is 12.4 Å². The first-order valence-electron chi connectivity index (χ1n) is 7.86. The van der Waals surface area contributed by atoms with Crippen LogP contribution in [-0.2, 0) is 4.79 Å². The van der Waals surface area contributed by atoms with Crippen LogP contribution in [-0.4, -0.2) is 42.3 Å². The molecule has 9 heteroatoms. The summed E-state index contributed by atoms with van der Waals surface area (Å²) in [6.45, 7) is 4.68. The van der Waals surface area contributed by atoms with Crippen molar-refractivity contribution in [1.29, 1.82) is 0 Å². The van der Waals surface area contributed by atoms with E-state index in [0.717, 1.165) is 12.1 Å². The zero-order valence-electron chi connectivity index (χ0n) is 13.9. The molecule has 0 radical (unpaired) electrons. The van der Waals surface area contributed by atoms with Crippen LogP contribution in [0.3, 0.4) is 0 Å². The third-order valence-electron chi connectivity index (χ3n) is 3.67. The van der Waals surface area contributed by atoms with Crippen LogP contribution < -0.4 is 15.4 Å². The van der Waals surface area contributed by atoms with Gasteiger partial charge in [-0.3, -0.25) is 4.79 Å². The summed E-state index contributed by atoms with van der Waals surface area (Å²) >= 11 is 0. The van der Waals surface area contributed by atoms with Gasteiger partial charge in [-0.1, -0.05) is 13.8 Å². The molecular formula is C16H20F3N3O3. The molecule has 25 heavy (non-hydrogen) atoms. The van der Waals surface area contributed by atoms with Crippen molar-refractivity contribution in [3.05, 3.63) is 24.3 Å². The predicted molar refractivity (Wildman–Crippen MR) is 85.1 cm³/mol. The molecule has 3 amide bonds. The Balaban J connectivity index is 1.82. The summed E-state index contributed by atoms with van der Waals surface area (Å²) in [5.41, 5.74) is 0.333. The molecule has 1 aliphatic heterocycles. The van der Waals surface area contributed by atoms with E-state index in [0.29, 0.717) is 25.2 Å². The Morgan fingerprint density at radius 1 is 1.24 bits per heavy atom. The average Bonchev–Trinajstić information content (AvgIpc) is 2.95. The van der Waals surface area contributed by atoms with Gasteiger partial charge in [-0.25, -0.2) is 4.79 Å². The summed E-state index contributed by atoms with van der Waals surface area (Å²) in [7, 11) is 0. The Morgan fingerprint density at radius 3 is 2.44 bits per heavy atom. The molecule has 2 rings (SSSR count). The standard InChI is InChI=1S/C16H20F3N3O3/c1-10(2)14(23)22-8-7-12(9-22)21-15(24)20-11-3-5-13(6-4-11)25-16(17,18)19/h3-6,10,12H,7-9H2,1-2H3,(H2,20,21,24). The van der Waals surface area contributed by atoms with E-state index in [9.17, 15) is 22.8 Å². The van der Waals surface area contributed by atoms with Crippen LogP contribution in [0, 0.1) is 5.92 Å². The summed E-state index contributed by atoms with van der Waals surface area (Å²) in [6.07, 6.45) is -4.10. The zero-order chi connectivity index (χ0) is 18.6. The fourth-order valence-electron chi connectivity index (χ4n) is 2.54. The number of benzene rings is 1. The highest BCUT2D eigenvalue weighted by Gasteiger charge is 2.31. The summed E-state index contributed by atoms with van der Waals surface area (Å²) in [4.78, 5) is 25.6. The van der Waals surface area contributed by atoms with E-state index in [1.165, 1.54) is 12.1 Å². The first-order chi connectivity index (χ1) is 11.6. The van der Waals surface area contributed by atoms with Crippen molar-refractivity contribution in [3.8, 4) is 5.75 Å². The number of urea groups is 1. The van der Waals surface area contributed by atoms with Crippen molar-refractivity contribution in [2.75, 3.05) is 18.4 Å². The number of alkyl halides is 3. The molecule has 0 aromatic heterocycles. The van der Waals surface area contributed by atoms with E-state index >= 15 is 0 Å². The Hall–Kier alpha value is -2.45. The Bertz CT molecular complexity index is 617. The summed E-state index contributed by atoms with van der Waals surface area (Å²) in [5.74, 6) is -0.410. The predicted octanol–water partition coefficient (Wildman–Crippen LogP) is 2.96. The number of carbonyl (C=O) groups excluding carboxylic acids is 2. The van der Waals surface area contributed by atoms with Crippen molar-refractivity contribution >= 4 is 17.6 Å². The van der Waals surface area contributed by atoms with E-state index in [4.69, 9.17) is 0 Å². The molecule has 1 saturated heterocycles. The van der Waals surface area contributed by atoms with Gasteiger partial charge in [0, 0.05) is 30.7 Å². The van der Waals surface area contributed by atoms with Gasteiger partial charge in [0.15, 0.2) is 0 Å². The van der Waals surface area contributed by atoms with Gasteiger partial charge in [0.2, 0.25) is 5.91 Å². The number of nitrogens with zero attached hydrogens (tertiary/aromatic N) is 1. The molecule has 1 aromatic rings. The maximum absolute atomic E-state index is 12.1. The molecule has 2 N–H and O–H groups in total. The molecule has 1 aromatic carbocycles. The van der Waals surface area contributed by atoms with Crippen LogP contribution in [0.4, 0.5) is 23.7 Å². The average molecular weight is 359 g/mol. The number of nitrogens with one attached hydrogen (secondary N) is 2. The Kier molecular flexibility index (Phi) is 5.76. The number of hydrogen-bond acceptors (Lipinski definition) is 3. The lowest BCUT2D eigenvalue weighted by Gasteiger charge is -2.19. The van der Waals surface area contributed by atoms with Gasteiger partial charge < -0.3 is 20.3 Å². The minimum atomic E-state index is -4.76. The number of halogens is 3. The van der Waals surface area contributed by atoms with Gasteiger partial charge in [0.1, 0.15) is 5.75 Å². The second kappa shape index (κ2) is 7.62. The van der Waals surface area contributed by atoms with Crippen LogP contribution in [0.2, 0.25) is 0 Å². The molecule has 0 bridgehead atoms. The minimum Gasteiger partial charge on any atom is -0.406 e. The first kappa shape index (κ1) is 18.9. The lowest BCUT2D eigenvalue weighted by Crippen LogP contribution is -2.41. The highest BCUT2D eigenvalue weighted by molar-refractivity contribution is 5.89. The van der Waals surface area contributed by atoms with Crippen LogP contribution >= 0.6 is 0 Å². The highest BCUT2D eigenvalue weighted by atomic mass is 19.4. The lowest BCUT2D eigenvalue weighted by atomic mass is 10.2. The summed E-state index contributed by atoms with van der Waals surface area (Å²) in [6, 6.07) is 4.21. The number of anilines is 1. The lowest BCUT2D eigenvalue weighted by molar-refractivity contribution is -0.274. The number of ether oxygens (including phenoxy) is 1. The van der Waals surface area contributed by atoms with Crippen LogP contribution in [0.15, 0.2) is 24.3 Å². The smallest absolute Gasteiger partial charge is 0.406 e. The number of likely N-dealkylation sites (tertiary alicyclic amines) is 1. The maximum atomic E-state index is 12.1. The third kappa shape index (κ3) is 5.84. The van der Waals surface area contributed by atoms with Gasteiger partial charge in [-0.15, -0.1) is 13.2 Å². The third-order valence-corrected chi connectivity index (χ3v) is 3.67. The molecule has 1 atom stereocenters. The monoisotopic (exact) mass is 359 g/mol. The van der Waals surface area contributed by atoms with Crippen molar-refractivity contribution in [2.45, 2.75) is 32.7 Å². The normalized spacial score (nSPS) is 17.5. The number of amides is 3. The summed E-state index contributed by atoms with van der Waals surface area (Å²) < 4.78 is 40.0. The van der Waals surface area contributed by atoms with Gasteiger partial charge >= 0.3 is 12.4 Å². The molecule has 138 valence electrons. The van der Waals surface area contributed by atoms with Crippen LogP contribution in [0.1, 0.15) is 20.3 Å². The fraction of sp³-hybridized carbons (Fsp3) is 0.500. The Morgan fingerprint density at radius 2 is 1.88 bits per heavy atom. The summed E-state index contributed by atoms with van der Waals surface area (Å²) in [5, 5.41) is 5.28. The van der Waals surface area contributed by atoms with Gasteiger partial charge in [-0.2, -0.15) is 0 Å². The van der Waals surface area contributed by atoms with Gasteiger partial charge in [0.05, 0.1) is 0 Å². The number of rotatable bonds is 4. The molecule has 0 saturated carbocycles. The van der Waals surface area contributed by atoms with Crippen molar-refractivity contribution < 1.29 is 27.5 Å². The molecule has 1 heterocycles. The second-order valence-electron chi connectivity index (χ2n) is 6.10. The molecule has 1 aliphatic rings. The zero-order valence-corrected chi connectivity index (χ0v) is 13.9. The van der Waals surface area contributed by atoms with E-state index in [-0.39, 0.29) is 23.6 Å². The first-order valence-corrected chi connectivity index (χ1v) is 7.86. The van der Waals surface area contributed by atoms with Gasteiger partial charge in [-0.05, 0) is 30.7 Å². The molecule has 1 fully saturated rings. The molecule has 1 unspecified atom stereocenters. The largest absolute Gasteiger partial charge is 0.573 e. The van der Waals surface area contributed by atoms with E-state index in [1.54, 1.807) is 4.90 Å². The maximum Gasteiger partial charge on any atom is 0.573 e. The van der Waals surface area contributed by atoms with Crippen molar-refractivity contribution in [3.63, 3.8) is 0 Å². The topological polar surface area (TPSA) is 70.7 Å². The quantitative estimate of drug-likeness (QED) is 0.868. The van der Waals surface area contributed by atoms with Crippen molar-refractivity contribution in [2.24, 2.45) is 5.92 Å². The minimum absolute atomic E-state index is 0.0463. The molecule has 6 nitrogen and oxygen atoms in total. The van der Waals surface area contributed by atoms with Gasteiger partial charge in [0.25, 0.3) is 0 Å². The Labute approximate surface area is 143 Å². The second-order valence-corrected chi connectivity index (χ2v) is 6.10. The highest BCUT2D eigenvalue weighted by Crippen LogP contribution is 2.24. The molecule has 0 spiro atoms. The van der Waals surface area contributed by atoms with E-state index in [2.05, 4.69) is 15.4 Å². The fourth-order valence-corrected chi connectivity index (χ4v) is 2.54. The van der Waals surface area contributed by atoms with Crippen LogP contribution in [0.5, 0.6) is 5.75 Å². The SMILES string of the molecule is CC(C)C(=O)N1CCC(NC(=O)Nc2ccc(OC(F)(F)F)cc2)C1. The van der Waals surface area contributed by atoms with E-state index in [1.807, 2.05) is 13.8 Å². The molecule has 0 aliphatic carbocycles. The van der Waals surface area contributed by atoms with Crippen LogP contribution in [0.25, 0.3) is 0 Å². The number of hydrogen-bond donors (Lipinski definition) is 2. The number of carbonyl (C=O) groups is 2. The molecular weight excluding hydrogens is 339 g/mol.